The molecule has 0 aromatic rings. The van der Waals surface area contributed by atoms with Crippen LogP contribution in [0.3, 0.4) is 0 Å². The van der Waals surface area contributed by atoms with Gasteiger partial charge in [0.25, 0.3) is 0 Å². The van der Waals surface area contributed by atoms with Crippen molar-refractivity contribution in [2.24, 2.45) is 11.7 Å². The average molecular weight is 263 g/mol. The van der Waals surface area contributed by atoms with Gasteiger partial charge in [-0.3, -0.25) is 4.79 Å². The van der Waals surface area contributed by atoms with E-state index in [0.29, 0.717) is 32.0 Å². The number of carbonyl (C=O) groups excluding carboxylic acids is 1. The van der Waals surface area contributed by atoms with Crippen molar-refractivity contribution in [3.8, 4) is 0 Å². The van der Waals surface area contributed by atoms with Crippen molar-refractivity contribution >= 4 is 18.3 Å². The number of hydrogen-bond donors (Lipinski definition) is 1. The van der Waals surface area contributed by atoms with Crippen LogP contribution in [0.2, 0.25) is 0 Å². The molecule has 0 spiro atoms. The molecule has 0 bridgehead atoms. The normalized spacial score (nSPS) is 23.4. The fraction of sp³-hybridized carbons (Fsp3) is 0.917. The first-order valence-corrected chi connectivity index (χ1v) is 6.24. The molecule has 0 atom stereocenters. The first kappa shape index (κ1) is 14.7. The summed E-state index contributed by atoms with van der Waals surface area (Å²) in [5, 5.41) is 0. The maximum atomic E-state index is 12.2. The van der Waals surface area contributed by atoms with Gasteiger partial charge in [0.2, 0.25) is 5.91 Å². The van der Waals surface area contributed by atoms with Crippen LogP contribution in [0, 0.1) is 5.92 Å². The first-order valence-electron chi connectivity index (χ1n) is 6.24. The van der Waals surface area contributed by atoms with Gasteiger partial charge in [0.05, 0.1) is 5.54 Å². The van der Waals surface area contributed by atoms with Gasteiger partial charge in [0, 0.05) is 26.8 Å². The quantitative estimate of drug-likeness (QED) is 0.831. The highest BCUT2D eigenvalue weighted by Gasteiger charge is 2.38. The maximum Gasteiger partial charge on any atom is 0.242 e. The number of nitrogens with two attached hydrogens (primary N) is 1. The molecule has 4 nitrogen and oxygen atoms in total. The smallest absolute Gasteiger partial charge is 0.242 e. The van der Waals surface area contributed by atoms with Crippen molar-refractivity contribution in [1.29, 1.82) is 0 Å². The van der Waals surface area contributed by atoms with E-state index in [0.717, 1.165) is 6.54 Å². The highest BCUT2D eigenvalue weighted by Crippen LogP contribution is 2.28. The molecule has 0 aromatic heterocycles. The molecule has 2 aliphatic rings. The van der Waals surface area contributed by atoms with Crippen molar-refractivity contribution in [1.82, 2.24) is 4.90 Å². The van der Waals surface area contributed by atoms with Crippen LogP contribution in [0.25, 0.3) is 0 Å². The second-order valence-corrected chi connectivity index (χ2v) is 5.25. The first-order chi connectivity index (χ1) is 7.62. The fourth-order valence-electron chi connectivity index (χ4n) is 2.48. The largest absolute Gasteiger partial charge is 0.381 e. The van der Waals surface area contributed by atoms with E-state index < -0.39 is 5.54 Å². The lowest BCUT2D eigenvalue weighted by Crippen LogP contribution is -2.57. The van der Waals surface area contributed by atoms with Gasteiger partial charge in [-0.2, -0.15) is 0 Å². The lowest BCUT2D eigenvalue weighted by atomic mass is 9.84. The summed E-state index contributed by atoms with van der Waals surface area (Å²) in [5.74, 6) is 0.806. The molecule has 1 aliphatic carbocycles. The molecule has 0 aromatic carbocycles. The minimum absolute atomic E-state index is 0. The van der Waals surface area contributed by atoms with Crippen molar-refractivity contribution in [2.45, 2.75) is 37.6 Å². The van der Waals surface area contributed by atoms with Crippen LogP contribution < -0.4 is 5.73 Å². The SMILES string of the molecule is CN(CC1CCC1)C(=O)C1(N)CCOCC1.Cl. The standard InChI is InChI=1S/C12H22N2O2.ClH/c1-14(9-10-3-2-4-10)11(15)12(13)5-7-16-8-6-12;/h10H,2-9,13H2,1H3;1H. The summed E-state index contributed by atoms with van der Waals surface area (Å²) in [5.41, 5.74) is 5.50. The third kappa shape index (κ3) is 3.33. The molecule has 2 N–H and O–H groups in total. The molecule has 1 saturated heterocycles. The van der Waals surface area contributed by atoms with Gasteiger partial charge >= 0.3 is 0 Å². The zero-order chi connectivity index (χ0) is 11.6. The number of ether oxygens (including phenoxy) is 1. The van der Waals surface area contributed by atoms with Gasteiger partial charge in [0.15, 0.2) is 0 Å². The van der Waals surface area contributed by atoms with Gasteiger partial charge in [-0.25, -0.2) is 0 Å². The van der Waals surface area contributed by atoms with Crippen LogP contribution in [0.15, 0.2) is 0 Å². The van der Waals surface area contributed by atoms with E-state index in [1.54, 1.807) is 0 Å². The summed E-state index contributed by atoms with van der Waals surface area (Å²) in [6.07, 6.45) is 5.15. The van der Waals surface area contributed by atoms with E-state index in [2.05, 4.69) is 0 Å². The predicted octanol–water partition coefficient (Wildman–Crippen LogP) is 1.17. The number of amides is 1. The van der Waals surface area contributed by atoms with Crippen LogP contribution in [0.1, 0.15) is 32.1 Å². The maximum absolute atomic E-state index is 12.2. The minimum Gasteiger partial charge on any atom is -0.381 e. The molecule has 0 radical (unpaired) electrons. The average Bonchev–Trinajstić information content (AvgIpc) is 2.23. The molecular weight excluding hydrogens is 240 g/mol. The Hall–Kier alpha value is -0.320. The van der Waals surface area contributed by atoms with Crippen LogP contribution in [0.4, 0.5) is 0 Å². The highest BCUT2D eigenvalue weighted by atomic mass is 35.5. The number of likely N-dealkylation sites (N-methyl/N-ethyl adjacent to an activating group) is 1. The monoisotopic (exact) mass is 262 g/mol. The molecule has 2 rings (SSSR count). The number of hydrogen-bond acceptors (Lipinski definition) is 3. The predicted molar refractivity (Wildman–Crippen MR) is 69.2 cm³/mol. The van der Waals surface area contributed by atoms with Gasteiger partial charge in [-0.15, -0.1) is 12.4 Å². The lowest BCUT2D eigenvalue weighted by Gasteiger charge is -2.37. The molecule has 2 fully saturated rings. The summed E-state index contributed by atoms with van der Waals surface area (Å²) in [6.45, 7) is 2.09. The molecular formula is C12H23ClN2O2. The van der Waals surface area contributed by atoms with E-state index in [-0.39, 0.29) is 18.3 Å². The topological polar surface area (TPSA) is 55.6 Å². The molecule has 0 unspecified atom stereocenters. The number of nitrogens with zero attached hydrogens (tertiary/aromatic N) is 1. The Bertz CT molecular complexity index is 263. The van der Waals surface area contributed by atoms with E-state index in [1.165, 1.54) is 19.3 Å². The minimum atomic E-state index is -0.670. The van der Waals surface area contributed by atoms with E-state index in [1.807, 2.05) is 11.9 Å². The van der Waals surface area contributed by atoms with E-state index in [9.17, 15) is 4.79 Å². The Labute approximate surface area is 109 Å². The van der Waals surface area contributed by atoms with Crippen LogP contribution in [0.5, 0.6) is 0 Å². The Morgan fingerprint density at radius 1 is 1.41 bits per heavy atom. The molecule has 100 valence electrons. The third-order valence-corrected chi connectivity index (χ3v) is 3.91. The van der Waals surface area contributed by atoms with Crippen LogP contribution in [-0.2, 0) is 9.53 Å². The second-order valence-electron chi connectivity index (χ2n) is 5.25. The van der Waals surface area contributed by atoms with Gasteiger partial charge in [-0.1, -0.05) is 6.42 Å². The van der Waals surface area contributed by atoms with E-state index in [4.69, 9.17) is 10.5 Å². The van der Waals surface area contributed by atoms with Gasteiger partial charge in [0.1, 0.15) is 0 Å². The fourth-order valence-corrected chi connectivity index (χ4v) is 2.48. The summed E-state index contributed by atoms with van der Waals surface area (Å²) < 4.78 is 5.26. The van der Waals surface area contributed by atoms with Gasteiger partial charge < -0.3 is 15.4 Å². The summed E-state index contributed by atoms with van der Waals surface area (Å²) in [6, 6.07) is 0. The number of halogens is 1. The molecule has 1 amide bonds. The highest BCUT2D eigenvalue weighted by molar-refractivity contribution is 5.86. The summed E-state index contributed by atoms with van der Waals surface area (Å²) >= 11 is 0. The Morgan fingerprint density at radius 3 is 2.47 bits per heavy atom. The summed E-state index contributed by atoms with van der Waals surface area (Å²) in [7, 11) is 1.88. The lowest BCUT2D eigenvalue weighted by molar-refractivity contribution is -0.140. The zero-order valence-corrected chi connectivity index (χ0v) is 11.3. The Balaban J connectivity index is 0.00000144. The summed E-state index contributed by atoms with van der Waals surface area (Å²) in [4.78, 5) is 14.1. The number of carbonyl (C=O) groups is 1. The zero-order valence-electron chi connectivity index (χ0n) is 10.5. The van der Waals surface area contributed by atoms with E-state index >= 15 is 0 Å². The van der Waals surface area contributed by atoms with Crippen molar-refractivity contribution < 1.29 is 9.53 Å². The van der Waals surface area contributed by atoms with Crippen molar-refractivity contribution in [3.05, 3.63) is 0 Å². The van der Waals surface area contributed by atoms with Crippen LogP contribution in [-0.4, -0.2) is 43.2 Å². The van der Waals surface area contributed by atoms with Crippen LogP contribution >= 0.6 is 12.4 Å². The van der Waals surface area contributed by atoms with Crippen molar-refractivity contribution in [2.75, 3.05) is 26.8 Å². The Morgan fingerprint density at radius 2 is 2.00 bits per heavy atom. The van der Waals surface area contributed by atoms with Gasteiger partial charge in [-0.05, 0) is 31.6 Å². The Kier molecular flexibility index (Phi) is 5.22. The molecule has 1 heterocycles. The third-order valence-electron chi connectivity index (χ3n) is 3.91. The number of rotatable bonds is 3. The molecule has 17 heavy (non-hydrogen) atoms. The molecule has 1 aliphatic heterocycles. The molecule has 1 saturated carbocycles. The second kappa shape index (κ2) is 6.03. The van der Waals surface area contributed by atoms with Crippen molar-refractivity contribution in [3.63, 3.8) is 0 Å². The molecule has 5 heteroatoms.